The Morgan fingerprint density at radius 2 is 1.71 bits per heavy atom. The van der Waals surface area contributed by atoms with E-state index in [-0.39, 0.29) is 37.8 Å². The monoisotopic (exact) mass is 376 g/mol. The van der Waals surface area contributed by atoms with E-state index in [1.54, 1.807) is 13.0 Å². The Bertz CT molecular complexity index is 836. The molecule has 0 aliphatic heterocycles. The zero-order chi connectivity index (χ0) is 20.2. The van der Waals surface area contributed by atoms with Gasteiger partial charge in [0.1, 0.15) is 0 Å². The maximum Gasteiger partial charge on any atom is 0.307 e. The van der Waals surface area contributed by atoms with Gasteiger partial charge in [-0.2, -0.15) is 5.26 Å². The third-order valence-electron chi connectivity index (χ3n) is 4.13. The van der Waals surface area contributed by atoms with Crippen molar-refractivity contribution in [2.24, 2.45) is 0 Å². The molecule has 0 spiro atoms. The van der Waals surface area contributed by atoms with Crippen LogP contribution in [0.3, 0.4) is 0 Å². The summed E-state index contributed by atoms with van der Waals surface area (Å²) in [6, 6.07) is 20.0. The first-order chi connectivity index (χ1) is 13.6. The van der Waals surface area contributed by atoms with Crippen LogP contribution in [0.1, 0.15) is 25.3 Å². The number of ether oxygens (including phenoxy) is 1. The lowest BCUT2D eigenvalue weighted by atomic mass is 10.0. The lowest BCUT2D eigenvalue weighted by Crippen LogP contribution is -2.32. The van der Waals surface area contributed by atoms with Crippen LogP contribution < -0.4 is 0 Å². The van der Waals surface area contributed by atoms with Crippen molar-refractivity contribution in [1.29, 1.82) is 5.26 Å². The molecule has 0 aliphatic rings. The number of hydrogen-bond donors (Lipinski definition) is 0. The Morgan fingerprint density at radius 3 is 2.36 bits per heavy atom. The number of esters is 1. The van der Waals surface area contributed by atoms with E-state index in [4.69, 9.17) is 10.00 Å². The molecule has 0 heterocycles. The number of carbonyl (C=O) groups is 2. The highest BCUT2D eigenvalue weighted by Gasteiger charge is 2.13. The lowest BCUT2D eigenvalue weighted by molar-refractivity contribution is -0.143. The van der Waals surface area contributed by atoms with Crippen LogP contribution in [0.5, 0.6) is 0 Å². The van der Waals surface area contributed by atoms with Crippen molar-refractivity contribution in [2.45, 2.75) is 19.8 Å². The second kappa shape index (κ2) is 11.3. The molecule has 0 fully saturated rings. The molecular formula is C23H24N2O3. The highest BCUT2D eigenvalue weighted by atomic mass is 16.5. The predicted molar refractivity (Wildman–Crippen MR) is 109 cm³/mol. The molecule has 0 saturated carbocycles. The van der Waals surface area contributed by atoms with Crippen molar-refractivity contribution in [3.05, 3.63) is 66.2 Å². The molecule has 5 heteroatoms. The first-order valence-corrected chi connectivity index (χ1v) is 9.29. The van der Waals surface area contributed by atoms with Crippen LogP contribution in [0.2, 0.25) is 0 Å². The first kappa shape index (κ1) is 20.9. The summed E-state index contributed by atoms with van der Waals surface area (Å²) in [6.45, 7) is 2.56. The highest BCUT2D eigenvalue weighted by molar-refractivity contribution is 5.92. The van der Waals surface area contributed by atoms with Crippen molar-refractivity contribution in [3.63, 3.8) is 0 Å². The molecule has 0 N–H and O–H groups in total. The van der Waals surface area contributed by atoms with Crippen LogP contribution in [0.25, 0.3) is 17.2 Å². The van der Waals surface area contributed by atoms with Crippen LogP contribution >= 0.6 is 0 Å². The number of nitrogens with zero attached hydrogens (tertiary/aromatic N) is 2. The number of benzene rings is 2. The summed E-state index contributed by atoms with van der Waals surface area (Å²) in [6.07, 6.45) is 3.54. The van der Waals surface area contributed by atoms with Gasteiger partial charge in [0.15, 0.2) is 0 Å². The van der Waals surface area contributed by atoms with Gasteiger partial charge in [0.05, 0.1) is 25.5 Å². The average molecular weight is 376 g/mol. The van der Waals surface area contributed by atoms with Crippen LogP contribution in [0.15, 0.2) is 60.7 Å². The van der Waals surface area contributed by atoms with Crippen LogP contribution in [-0.2, 0) is 14.3 Å². The number of rotatable bonds is 9. The van der Waals surface area contributed by atoms with E-state index < -0.39 is 0 Å². The van der Waals surface area contributed by atoms with Crippen molar-refractivity contribution in [1.82, 2.24) is 4.90 Å². The molecule has 0 bridgehead atoms. The second-order valence-corrected chi connectivity index (χ2v) is 6.11. The van der Waals surface area contributed by atoms with Gasteiger partial charge in [0.2, 0.25) is 5.91 Å². The zero-order valence-corrected chi connectivity index (χ0v) is 16.0. The minimum absolute atomic E-state index is 0.116. The third-order valence-corrected chi connectivity index (χ3v) is 4.13. The summed E-state index contributed by atoms with van der Waals surface area (Å²) in [7, 11) is 0. The molecule has 5 nitrogen and oxygen atoms in total. The summed E-state index contributed by atoms with van der Waals surface area (Å²) in [5, 5.41) is 8.79. The van der Waals surface area contributed by atoms with Crippen LogP contribution in [-0.4, -0.2) is 36.5 Å². The highest BCUT2D eigenvalue weighted by Crippen LogP contribution is 2.19. The molecule has 0 unspecified atom stereocenters. The summed E-state index contributed by atoms with van der Waals surface area (Å²) < 4.78 is 4.89. The fourth-order valence-electron chi connectivity index (χ4n) is 2.67. The molecule has 0 aromatic heterocycles. The van der Waals surface area contributed by atoms with Gasteiger partial charge in [-0.3, -0.25) is 9.59 Å². The summed E-state index contributed by atoms with van der Waals surface area (Å²) in [4.78, 5) is 25.5. The fourth-order valence-corrected chi connectivity index (χ4v) is 2.67. The maximum absolute atomic E-state index is 12.5. The Kier molecular flexibility index (Phi) is 8.48. The van der Waals surface area contributed by atoms with Crippen molar-refractivity contribution in [3.8, 4) is 17.2 Å². The second-order valence-electron chi connectivity index (χ2n) is 6.11. The number of amides is 1. The SMILES string of the molecule is CCOC(=O)CCN(CCC#N)C(=O)/C=C/c1ccc(-c2ccccc2)cc1. The molecule has 2 rings (SSSR count). The van der Waals surface area contributed by atoms with Crippen LogP contribution in [0, 0.1) is 11.3 Å². The molecule has 0 aliphatic carbocycles. The van der Waals surface area contributed by atoms with E-state index in [1.165, 1.54) is 11.0 Å². The van der Waals surface area contributed by atoms with E-state index in [9.17, 15) is 9.59 Å². The molecule has 0 radical (unpaired) electrons. The van der Waals surface area contributed by atoms with Gasteiger partial charge in [-0.25, -0.2) is 0 Å². The van der Waals surface area contributed by atoms with E-state index in [0.717, 1.165) is 16.7 Å². The molecule has 1 amide bonds. The van der Waals surface area contributed by atoms with Gasteiger partial charge in [-0.15, -0.1) is 0 Å². The van der Waals surface area contributed by atoms with Gasteiger partial charge in [0, 0.05) is 19.2 Å². The van der Waals surface area contributed by atoms with Crippen molar-refractivity contribution in [2.75, 3.05) is 19.7 Å². The number of nitriles is 1. The summed E-state index contributed by atoms with van der Waals surface area (Å²) in [5.74, 6) is -0.579. The Morgan fingerprint density at radius 1 is 1.04 bits per heavy atom. The molecule has 28 heavy (non-hydrogen) atoms. The third kappa shape index (κ3) is 6.73. The number of carbonyl (C=O) groups excluding carboxylic acids is 2. The van der Waals surface area contributed by atoms with E-state index in [1.807, 2.05) is 60.7 Å². The summed E-state index contributed by atoms with van der Waals surface area (Å²) >= 11 is 0. The van der Waals surface area contributed by atoms with Gasteiger partial charge in [-0.05, 0) is 29.7 Å². The topological polar surface area (TPSA) is 70.4 Å². The average Bonchev–Trinajstić information content (AvgIpc) is 2.73. The smallest absolute Gasteiger partial charge is 0.307 e. The summed E-state index contributed by atoms with van der Waals surface area (Å²) in [5.41, 5.74) is 3.14. The molecule has 144 valence electrons. The van der Waals surface area contributed by atoms with Crippen LogP contribution in [0.4, 0.5) is 0 Å². The Balaban J connectivity index is 1.99. The molecule has 2 aromatic rings. The van der Waals surface area contributed by atoms with E-state index in [0.29, 0.717) is 6.61 Å². The van der Waals surface area contributed by atoms with E-state index in [2.05, 4.69) is 0 Å². The molecular weight excluding hydrogens is 352 g/mol. The van der Waals surface area contributed by atoms with Crippen molar-refractivity contribution < 1.29 is 14.3 Å². The molecule has 0 atom stereocenters. The van der Waals surface area contributed by atoms with E-state index >= 15 is 0 Å². The Labute approximate surface area is 165 Å². The van der Waals surface area contributed by atoms with Gasteiger partial charge < -0.3 is 9.64 Å². The fraction of sp³-hybridized carbons (Fsp3) is 0.261. The standard InChI is InChI=1S/C23H24N2O3/c1-2-28-23(27)15-18-25(17-6-16-24)22(26)14-11-19-9-12-21(13-10-19)20-7-4-3-5-8-20/h3-5,7-14H,2,6,15,17-18H2,1H3/b14-11+. The van der Waals surface area contributed by atoms with Gasteiger partial charge >= 0.3 is 5.97 Å². The normalized spacial score (nSPS) is 10.4. The minimum Gasteiger partial charge on any atom is -0.466 e. The first-order valence-electron chi connectivity index (χ1n) is 9.29. The van der Waals surface area contributed by atoms with Crippen molar-refractivity contribution >= 4 is 18.0 Å². The quantitative estimate of drug-likeness (QED) is 0.489. The maximum atomic E-state index is 12.5. The largest absolute Gasteiger partial charge is 0.466 e. The molecule has 2 aromatic carbocycles. The zero-order valence-electron chi connectivity index (χ0n) is 16.0. The van der Waals surface area contributed by atoms with Gasteiger partial charge in [-0.1, -0.05) is 54.6 Å². The molecule has 0 saturated heterocycles. The van der Waals surface area contributed by atoms with Gasteiger partial charge in [0.25, 0.3) is 0 Å². The minimum atomic E-state index is -0.349. The predicted octanol–water partition coefficient (Wildman–Crippen LogP) is 4.06. The number of hydrogen-bond acceptors (Lipinski definition) is 4. The Hall–Kier alpha value is -3.39. The lowest BCUT2D eigenvalue weighted by Gasteiger charge is -2.19.